The SMILES string of the molecule is Nc1nc(-c2nn(Cc3ccccc3F)c3ccccc23)ncc1Sc1ccccn1. The van der Waals surface area contributed by atoms with E-state index in [9.17, 15) is 4.39 Å². The van der Waals surface area contributed by atoms with Crippen LogP contribution in [0.1, 0.15) is 5.56 Å². The maximum Gasteiger partial charge on any atom is 0.182 e. The molecule has 0 aliphatic rings. The molecule has 5 aromatic rings. The van der Waals surface area contributed by atoms with Crippen molar-refractivity contribution in [2.45, 2.75) is 16.5 Å². The molecule has 0 atom stereocenters. The zero-order valence-electron chi connectivity index (χ0n) is 16.3. The quantitative estimate of drug-likeness (QED) is 0.433. The van der Waals surface area contributed by atoms with E-state index in [1.165, 1.54) is 17.8 Å². The number of aromatic nitrogens is 5. The predicted molar refractivity (Wildman–Crippen MR) is 119 cm³/mol. The van der Waals surface area contributed by atoms with E-state index in [1.54, 1.807) is 29.2 Å². The van der Waals surface area contributed by atoms with Crippen LogP contribution in [-0.2, 0) is 6.54 Å². The molecule has 0 saturated carbocycles. The molecule has 0 bridgehead atoms. The van der Waals surface area contributed by atoms with Gasteiger partial charge in [0.25, 0.3) is 0 Å². The minimum atomic E-state index is -0.264. The second kappa shape index (κ2) is 8.16. The average molecular weight is 428 g/mol. The lowest BCUT2D eigenvalue weighted by Crippen LogP contribution is -2.04. The molecule has 3 heterocycles. The van der Waals surface area contributed by atoms with Crippen molar-refractivity contribution in [2.75, 3.05) is 5.73 Å². The van der Waals surface area contributed by atoms with E-state index in [2.05, 4.69) is 15.0 Å². The van der Waals surface area contributed by atoms with Gasteiger partial charge in [0.2, 0.25) is 0 Å². The molecular weight excluding hydrogens is 411 g/mol. The summed E-state index contributed by atoms with van der Waals surface area (Å²) in [4.78, 5) is 14.0. The summed E-state index contributed by atoms with van der Waals surface area (Å²) in [6, 6.07) is 20.1. The topological polar surface area (TPSA) is 82.5 Å². The number of nitrogens with zero attached hydrogens (tertiary/aromatic N) is 5. The number of rotatable bonds is 5. The van der Waals surface area contributed by atoms with Gasteiger partial charge in [0.15, 0.2) is 5.82 Å². The fourth-order valence-corrected chi connectivity index (χ4v) is 4.04. The molecule has 0 amide bonds. The van der Waals surface area contributed by atoms with E-state index in [0.717, 1.165) is 20.8 Å². The van der Waals surface area contributed by atoms with Crippen LogP contribution in [0.4, 0.5) is 10.2 Å². The number of hydrogen-bond acceptors (Lipinski definition) is 6. The first-order valence-corrected chi connectivity index (χ1v) is 10.4. The van der Waals surface area contributed by atoms with Crippen molar-refractivity contribution < 1.29 is 4.39 Å². The van der Waals surface area contributed by atoms with E-state index in [1.807, 2.05) is 48.5 Å². The third-order valence-electron chi connectivity index (χ3n) is 4.78. The summed E-state index contributed by atoms with van der Waals surface area (Å²) in [5.41, 5.74) is 8.25. The highest BCUT2D eigenvalue weighted by molar-refractivity contribution is 7.99. The van der Waals surface area contributed by atoms with Crippen LogP contribution in [-0.4, -0.2) is 24.7 Å². The van der Waals surface area contributed by atoms with Crippen LogP contribution in [0, 0.1) is 5.82 Å². The average Bonchev–Trinajstić information content (AvgIpc) is 3.16. The Bertz CT molecular complexity index is 1370. The number of para-hydroxylation sites is 1. The van der Waals surface area contributed by atoms with Crippen molar-refractivity contribution in [1.82, 2.24) is 24.7 Å². The van der Waals surface area contributed by atoms with Crippen molar-refractivity contribution >= 4 is 28.5 Å². The van der Waals surface area contributed by atoms with Crippen LogP contribution in [0.2, 0.25) is 0 Å². The monoisotopic (exact) mass is 428 g/mol. The van der Waals surface area contributed by atoms with Gasteiger partial charge in [-0.2, -0.15) is 5.10 Å². The summed E-state index contributed by atoms with van der Waals surface area (Å²) < 4.78 is 16.0. The third kappa shape index (κ3) is 3.85. The summed E-state index contributed by atoms with van der Waals surface area (Å²) in [5, 5.41) is 6.39. The number of nitrogen functional groups attached to an aromatic ring is 1. The van der Waals surface area contributed by atoms with Crippen LogP contribution < -0.4 is 5.73 Å². The lowest BCUT2D eigenvalue weighted by atomic mass is 10.2. The molecule has 0 saturated heterocycles. The molecule has 152 valence electrons. The standard InChI is InChI=1S/C23H17FN6S/c24-17-9-3-1-7-15(17)14-30-18-10-4-2-8-16(18)21(29-30)23-27-13-19(22(25)28-23)31-20-11-5-6-12-26-20/h1-13H,14H2,(H2,25,27,28). The van der Waals surface area contributed by atoms with Gasteiger partial charge in [0.05, 0.1) is 17.0 Å². The highest BCUT2D eigenvalue weighted by atomic mass is 32.2. The van der Waals surface area contributed by atoms with E-state index in [0.29, 0.717) is 29.4 Å². The molecule has 0 radical (unpaired) electrons. The number of fused-ring (bicyclic) bond motifs is 1. The highest BCUT2D eigenvalue weighted by Crippen LogP contribution is 2.32. The summed E-state index contributed by atoms with van der Waals surface area (Å²) in [7, 11) is 0. The van der Waals surface area contributed by atoms with Crippen LogP contribution in [0.15, 0.2) is 89.0 Å². The van der Waals surface area contributed by atoms with Crippen molar-refractivity contribution in [3.63, 3.8) is 0 Å². The Morgan fingerprint density at radius 1 is 0.935 bits per heavy atom. The smallest absolute Gasteiger partial charge is 0.182 e. The fraction of sp³-hybridized carbons (Fsp3) is 0.0435. The van der Waals surface area contributed by atoms with Gasteiger partial charge < -0.3 is 5.73 Å². The van der Waals surface area contributed by atoms with E-state index in [-0.39, 0.29) is 5.82 Å². The maximum atomic E-state index is 14.2. The molecule has 0 fully saturated rings. The summed E-state index contributed by atoms with van der Waals surface area (Å²) >= 11 is 1.40. The minimum absolute atomic E-state index is 0.264. The van der Waals surface area contributed by atoms with Gasteiger partial charge in [0.1, 0.15) is 22.4 Å². The largest absolute Gasteiger partial charge is 0.383 e. The van der Waals surface area contributed by atoms with Crippen LogP contribution in [0.5, 0.6) is 0 Å². The van der Waals surface area contributed by atoms with Crippen molar-refractivity contribution in [2.24, 2.45) is 0 Å². The number of nitrogens with two attached hydrogens (primary N) is 1. The Morgan fingerprint density at radius 2 is 1.74 bits per heavy atom. The zero-order valence-corrected chi connectivity index (χ0v) is 17.1. The van der Waals surface area contributed by atoms with Crippen molar-refractivity contribution in [3.8, 4) is 11.5 Å². The molecule has 6 nitrogen and oxygen atoms in total. The van der Waals surface area contributed by atoms with Crippen molar-refractivity contribution in [1.29, 1.82) is 0 Å². The van der Waals surface area contributed by atoms with Gasteiger partial charge in [-0.3, -0.25) is 4.68 Å². The molecule has 5 rings (SSSR count). The molecule has 8 heteroatoms. The Kier molecular flexibility index (Phi) is 5.05. The molecular formula is C23H17FN6S. The minimum Gasteiger partial charge on any atom is -0.383 e. The number of pyridine rings is 1. The summed E-state index contributed by atoms with van der Waals surface area (Å²) in [6.45, 7) is 0.302. The summed E-state index contributed by atoms with van der Waals surface area (Å²) in [5.74, 6) is 0.514. The van der Waals surface area contributed by atoms with Crippen LogP contribution in [0.3, 0.4) is 0 Å². The first-order chi connectivity index (χ1) is 15.2. The highest BCUT2D eigenvalue weighted by Gasteiger charge is 2.17. The Balaban J connectivity index is 1.53. The lowest BCUT2D eigenvalue weighted by Gasteiger charge is -2.05. The van der Waals surface area contributed by atoms with E-state index < -0.39 is 0 Å². The van der Waals surface area contributed by atoms with Gasteiger partial charge in [-0.05, 0) is 24.3 Å². The number of benzene rings is 2. The van der Waals surface area contributed by atoms with Gasteiger partial charge in [-0.15, -0.1) is 0 Å². The molecule has 3 aromatic heterocycles. The van der Waals surface area contributed by atoms with E-state index >= 15 is 0 Å². The second-order valence-electron chi connectivity index (χ2n) is 6.83. The van der Waals surface area contributed by atoms with Crippen molar-refractivity contribution in [3.05, 3.63) is 90.5 Å². The lowest BCUT2D eigenvalue weighted by molar-refractivity contribution is 0.590. The van der Waals surface area contributed by atoms with Gasteiger partial charge in [-0.25, -0.2) is 19.3 Å². The molecule has 0 aliphatic carbocycles. The zero-order chi connectivity index (χ0) is 21.2. The van der Waals surface area contributed by atoms with E-state index in [4.69, 9.17) is 10.8 Å². The van der Waals surface area contributed by atoms with Gasteiger partial charge in [-0.1, -0.05) is 54.2 Å². The second-order valence-corrected chi connectivity index (χ2v) is 7.89. The molecule has 2 N–H and O–H groups in total. The molecule has 31 heavy (non-hydrogen) atoms. The molecule has 2 aromatic carbocycles. The third-order valence-corrected chi connectivity index (χ3v) is 5.77. The predicted octanol–water partition coefficient (Wildman–Crippen LogP) is 4.81. The number of anilines is 1. The first kappa shape index (κ1) is 19.2. The maximum absolute atomic E-state index is 14.2. The van der Waals surface area contributed by atoms with Crippen LogP contribution in [0.25, 0.3) is 22.4 Å². The summed E-state index contributed by atoms with van der Waals surface area (Å²) in [6.07, 6.45) is 3.41. The molecule has 0 spiro atoms. The Morgan fingerprint density at radius 3 is 2.55 bits per heavy atom. The Hall–Kier alpha value is -3.78. The normalized spacial score (nSPS) is 11.1. The van der Waals surface area contributed by atoms with Gasteiger partial charge >= 0.3 is 0 Å². The molecule has 0 unspecified atom stereocenters. The number of hydrogen-bond donors (Lipinski definition) is 1. The Labute approximate surface area is 182 Å². The van der Waals surface area contributed by atoms with Gasteiger partial charge in [0, 0.05) is 23.3 Å². The molecule has 0 aliphatic heterocycles. The van der Waals surface area contributed by atoms with Crippen LogP contribution >= 0.6 is 11.8 Å². The fourth-order valence-electron chi connectivity index (χ4n) is 3.30. The number of halogens is 1. The first-order valence-electron chi connectivity index (χ1n) is 9.60.